The first-order chi connectivity index (χ1) is 21.1. The van der Waals surface area contributed by atoms with E-state index in [0.717, 1.165) is 50.6 Å². The molecule has 7 nitrogen and oxygen atoms in total. The SMILES string of the molecule is Cc1ccc2c(NCCCCCCNC(=O)c3ccc4c(Nc5ccccc5F)ncnc4c3)c3c(nc2c1)CCCC3. The van der Waals surface area contributed by atoms with Crippen LogP contribution < -0.4 is 16.0 Å². The maximum absolute atomic E-state index is 14.1. The molecule has 0 spiro atoms. The number of nitrogens with zero attached hydrogens (tertiary/aromatic N) is 3. The average molecular weight is 577 g/mol. The summed E-state index contributed by atoms with van der Waals surface area (Å²) in [6.07, 6.45) is 10.2. The van der Waals surface area contributed by atoms with Crippen molar-refractivity contribution in [2.24, 2.45) is 0 Å². The van der Waals surface area contributed by atoms with Crippen LogP contribution >= 0.6 is 0 Å². The number of amides is 1. The summed E-state index contributed by atoms with van der Waals surface area (Å²) in [6.45, 7) is 3.67. The van der Waals surface area contributed by atoms with Gasteiger partial charge in [0.05, 0.1) is 16.7 Å². The first-order valence-electron chi connectivity index (χ1n) is 15.3. The first-order valence-corrected chi connectivity index (χ1v) is 15.3. The summed E-state index contributed by atoms with van der Waals surface area (Å²) in [4.78, 5) is 26.4. The predicted octanol–water partition coefficient (Wildman–Crippen LogP) is 7.65. The van der Waals surface area contributed by atoms with Gasteiger partial charge in [-0.05, 0) is 93.0 Å². The first kappa shape index (κ1) is 28.5. The number of anilines is 3. The Morgan fingerprint density at radius 1 is 0.860 bits per heavy atom. The van der Waals surface area contributed by atoms with Gasteiger partial charge in [0.15, 0.2) is 0 Å². The summed E-state index contributed by atoms with van der Waals surface area (Å²) in [5.41, 5.74) is 7.78. The summed E-state index contributed by atoms with van der Waals surface area (Å²) in [6, 6.07) is 18.3. The van der Waals surface area contributed by atoms with E-state index in [0.29, 0.717) is 34.5 Å². The van der Waals surface area contributed by atoms with Gasteiger partial charge in [0.2, 0.25) is 0 Å². The van der Waals surface area contributed by atoms with Gasteiger partial charge in [-0.3, -0.25) is 9.78 Å². The zero-order valence-corrected chi connectivity index (χ0v) is 24.5. The third-order valence-electron chi connectivity index (χ3n) is 8.13. The molecule has 3 aromatic carbocycles. The highest BCUT2D eigenvalue weighted by Gasteiger charge is 2.18. The Balaban J connectivity index is 0.970. The molecule has 0 saturated heterocycles. The molecule has 6 rings (SSSR count). The highest BCUT2D eigenvalue weighted by Crippen LogP contribution is 2.34. The Labute approximate surface area is 251 Å². The summed E-state index contributed by atoms with van der Waals surface area (Å²) in [5, 5.41) is 11.8. The Bertz CT molecular complexity index is 1770. The molecule has 1 amide bonds. The lowest BCUT2D eigenvalue weighted by Crippen LogP contribution is -2.24. The second kappa shape index (κ2) is 13.2. The van der Waals surface area contributed by atoms with Crippen molar-refractivity contribution in [2.75, 3.05) is 23.7 Å². The van der Waals surface area contributed by atoms with Crippen molar-refractivity contribution in [3.63, 3.8) is 0 Å². The molecule has 1 aliphatic carbocycles. The number of unbranched alkanes of at least 4 members (excludes halogenated alkanes) is 3. The molecule has 5 aromatic rings. The summed E-state index contributed by atoms with van der Waals surface area (Å²) < 4.78 is 14.1. The number of carbonyl (C=O) groups is 1. The van der Waals surface area contributed by atoms with E-state index >= 15 is 0 Å². The monoisotopic (exact) mass is 576 g/mol. The fourth-order valence-corrected chi connectivity index (χ4v) is 5.85. The smallest absolute Gasteiger partial charge is 0.251 e. The lowest BCUT2D eigenvalue weighted by molar-refractivity contribution is 0.0953. The van der Waals surface area contributed by atoms with Gasteiger partial charge in [0.1, 0.15) is 18.0 Å². The van der Waals surface area contributed by atoms with Crippen LogP contribution in [0.25, 0.3) is 21.8 Å². The van der Waals surface area contributed by atoms with Crippen LogP contribution in [0.3, 0.4) is 0 Å². The standard InChI is InChI=1S/C35H37FN6O/c1-23-14-16-26-32(20-23)41-29-12-6-4-10-25(29)33(26)37-18-8-2-3-9-19-38-35(43)24-15-17-27-31(21-24)39-22-40-34(27)42-30-13-7-5-11-28(30)36/h5,7,11,13-17,20-22H,2-4,6,8-10,12,18-19H2,1H3,(H,37,41)(H,38,43)(H,39,40,42). The van der Waals surface area contributed by atoms with Crippen molar-refractivity contribution in [3.05, 3.63) is 95.2 Å². The number of halogens is 1. The molecular weight excluding hydrogens is 539 g/mol. The van der Waals surface area contributed by atoms with Crippen molar-refractivity contribution in [3.8, 4) is 0 Å². The zero-order chi connectivity index (χ0) is 29.6. The highest BCUT2D eigenvalue weighted by molar-refractivity contribution is 6.00. The normalized spacial score (nSPS) is 12.7. The van der Waals surface area contributed by atoms with Crippen molar-refractivity contribution in [2.45, 2.75) is 58.3 Å². The third-order valence-corrected chi connectivity index (χ3v) is 8.13. The topological polar surface area (TPSA) is 91.8 Å². The number of hydrogen-bond acceptors (Lipinski definition) is 6. The van der Waals surface area contributed by atoms with Gasteiger partial charge in [-0.2, -0.15) is 0 Å². The van der Waals surface area contributed by atoms with Gasteiger partial charge in [0, 0.05) is 40.8 Å². The molecular formula is C35H37FN6O. The van der Waals surface area contributed by atoms with Crippen LogP contribution in [0.2, 0.25) is 0 Å². The van der Waals surface area contributed by atoms with Crippen molar-refractivity contribution >= 4 is 44.9 Å². The Kier molecular flexibility index (Phi) is 8.72. The highest BCUT2D eigenvalue weighted by atomic mass is 19.1. The van der Waals surface area contributed by atoms with E-state index in [4.69, 9.17) is 4.98 Å². The van der Waals surface area contributed by atoms with E-state index in [1.54, 1.807) is 36.4 Å². The molecule has 0 aliphatic heterocycles. The van der Waals surface area contributed by atoms with Gasteiger partial charge in [0.25, 0.3) is 5.91 Å². The van der Waals surface area contributed by atoms with Crippen LogP contribution in [0.5, 0.6) is 0 Å². The molecule has 0 fully saturated rings. The number of rotatable bonds is 11. The molecule has 0 atom stereocenters. The minimum Gasteiger partial charge on any atom is -0.384 e. The van der Waals surface area contributed by atoms with Gasteiger partial charge >= 0.3 is 0 Å². The minimum atomic E-state index is -0.363. The number of aromatic nitrogens is 3. The lowest BCUT2D eigenvalue weighted by Gasteiger charge is -2.22. The predicted molar refractivity (Wildman–Crippen MR) is 172 cm³/mol. The van der Waals surface area contributed by atoms with E-state index in [2.05, 4.69) is 51.0 Å². The molecule has 0 bridgehead atoms. The third kappa shape index (κ3) is 6.58. The quantitative estimate of drug-likeness (QED) is 0.140. The van der Waals surface area contributed by atoms with Crippen molar-refractivity contribution < 1.29 is 9.18 Å². The molecule has 220 valence electrons. The van der Waals surface area contributed by atoms with Crippen LogP contribution in [-0.2, 0) is 12.8 Å². The molecule has 8 heteroatoms. The van der Waals surface area contributed by atoms with Gasteiger partial charge in [-0.25, -0.2) is 14.4 Å². The van der Waals surface area contributed by atoms with E-state index in [1.165, 1.54) is 53.1 Å². The minimum absolute atomic E-state index is 0.129. The molecule has 2 heterocycles. The van der Waals surface area contributed by atoms with Crippen molar-refractivity contribution in [1.29, 1.82) is 0 Å². The summed E-state index contributed by atoms with van der Waals surface area (Å²) >= 11 is 0. The van der Waals surface area contributed by atoms with Gasteiger partial charge < -0.3 is 16.0 Å². The Hall–Kier alpha value is -4.59. The summed E-state index contributed by atoms with van der Waals surface area (Å²) in [7, 11) is 0. The Morgan fingerprint density at radius 2 is 1.67 bits per heavy atom. The fourth-order valence-electron chi connectivity index (χ4n) is 5.85. The van der Waals surface area contributed by atoms with E-state index in [9.17, 15) is 9.18 Å². The molecule has 3 N–H and O–H groups in total. The van der Waals surface area contributed by atoms with Gasteiger partial charge in [-0.1, -0.05) is 37.1 Å². The van der Waals surface area contributed by atoms with Crippen LogP contribution in [0, 0.1) is 12.7 Å². The maximum atomic E-state index is 14.1. The molecule has 2 aromatic heterocycles. The Morgan fingerprint density at radius 3 is 2.56 bits per heavy atom. The molecule has 0 saturated carbocycles. The molecule has 0 unspecified atom stereocenters. The maximum Gasteiger partial charge on any atom is 0.251 e. The van der Waals surface area contributed by atoms with Crippen LogP contribution in [-0.4, -0.2) is 33.9 Å². The second-order valence-corrected chi connectivity index (χ2v) is 11.3. The number of fused-ring (bicyclic) bond motifs is 3. The number of aryl methyl sites for hydroxylation is 2. The molecule has 43 heavy (non-hydrogen) atoms. The van der Waals surface area contributed by atoms with Gasteiger partial charge in [-0.15, -0.1) is 0 Å². The molecule has 0 radical (unpaired) electrons. The largest absolute Gasteiger partial charge is 0.384 e. The number of hydrogen-bond donors (Lipinski definition) is 3. The van der Waals surface area contributed by atoms with E-state index < -0.39 is 0 Å². The van der Waals surface area contributed by atoms with Crippen LogP contribution in [0.1, 0.15) is 65.7 Å². The zero-order valence-electron chi connectivity index (χ0n) is 24.5. The lowest BCUT2D eigenvalue weighted by atomic mass is 9.92. The van der Waals surface area contributed by atoms with Crippen LogP contribution in [0.15, 0.2) is 67.0 Å². The number of nitrogens with one attached hydrogen (secondary N) is 3. The summed E-state index contributed by atoms with van der Waals surface area (Å²) in [5.74, 6) is -0.00324. The fraction of sp³-hybridized carbons (Fsp3) is 0.314. The van der Waals surface area contributed by atoms with E-state index in [-0.39, 0.29) is 11.7 Å². The number of para-hydroxylation sites is 1. The van der Waals surface area contributed by atoms with Crippen molar-refractivity contribution in [1.82, 2.24) is 20.3 Å². The van der Waals surface area contributed by atoms with Crippen LogP contribution in [0.4, 0.5) is 21.6 Å². The number of carbonyl (C=O) groups excluding carboxylic acids is 1. The second-order valence-electron chi connectivity index (χ2n) is 11.3. The number of benzene rings is 3. The average Bonchev–Trinajstić information content (AvgIpc) is 3.02. The number of pyridine rings is 1. The molecule has 1 aliphatic rings. The van der Waals surface area contributed by atoms with E-state index in [1.807, 2.05) is 0 Å².